The number of amides is 1. The fourth-order valence-corrected chi connectivity index (χ4v) is 1.75. The zero-order valence-corrected chi connectivity index (χ0v) is 9.19. The summed E-state index contributed by atoms with van der Waals surface area (Å²) in [6.07, 6.45) is 1.62. The molecule has 1 amide bonds. The number of carbonyl (C=O) groups excluding carboxylic acids is 1. The molecule has 0 spiro atoms. The highest BCUT2D eigenvalue weighted by molar-refractivity contribution is 7.09. The molecule has 76 valence electrons. The molecular weight excluding hydrogens is 194 g/mol. The molecule has 14 heavy (non-hydrogen) atoms. The molecule has 0 aliphatic rings. The van der Waals surface area contributed by atoms with Gasteiger partial charge in [-0.15, -0.1) is 11.3 Å². The van der Waals surface area contributed by atoms with Crippen molar-refractivity contribution in [2.24, 2.45) is 0 Å². The van der Waals surface area contributed by atoms with Crippen LogP contribution in [0.1, 0.15) is 18.2 Å². The average molecular weight is 209 g/mol. The van der Waals surface area contributed by atoms with Gasteiger partial charge in [0.25, 0.3) is 0 Å². The van der Waals surface area contributed by atoms with Gasteiger partial charge in [0.05, 0.1) is 0 Å². The van der Waals surface area contributed by atoms with E-state index in [1.54, 1.807) is 11.3 Å². The van der Waals surface area contributed by atoms with Crippen molar-refractivity contribution in [1.82, 2.24) is 5.32 Å². The molecule has 0 aliphatic carbocycles. The van der Waals surface area contributed by atoms with Gasteiger partial charge in [0.15, 0.2) is 0 Å². The van der Waals surface area contributed by atoms with Crippen molar-refractivity contribution >= 4 is 17.2 Å². The van der Waals surface area contributed by atoms with Crippen molar-refractivity contribution in [2.75, 3.05) is 6.54 Å². The molecule has 1 aromatic heterocycles. The van der Waals surface area contributed by atoms with E-state index >= 15 is 0 Å². The van der Waals surface area contributed by atoms with E-state index in [1.807, 2.05) is 18.4 Å². The monoisotopic (exact) mass is 209 g/mol. The molecule has 0 bridgehead atoms. The molecule has 0 radical (unpaired) electrons. The molecule has 3 heteroatoms. The maximum Gasteiger partial charge on any atom is 0.246 e. The minimum atomic E-state index is -0.0240. The van der Waals surface area contributed by atoms with Gasteiger partial charge in [0.2, 0.25) is 5.91 Å². The van der Waals surface area contributed by atoms with Crippen LogP contribution in [0.25, 0.3) is 0 Å². The van der Waals surface area contributed by atoms with Crippen LogP contribution in [0.15, 0.2) is 29.7 Å². The summed E-state index contributed by atoms with van der Waals surface area (Å²) in [5, 5.41) is 4.88. The number of rotatable bonds is 5. The van der Waals surface area contributed by atoms with Gasteiger partial charge in [-0.3, -0.25) is 4.79 Å². The molecule has 0 aliphatic heterocycles. The fraction of sp³-hybridized carbons (Fsp3) is 0.364. The third-order valence-electron chi connectivity index (χ3n) is 1.98. The zero-order chi connectivity index (χ0) is 10.4. The van der Waals surface area contributed by atoms with Gasteiger partial charge in [-0.2, -0.15) is 0 Å². The van der Waals surface area contributed by atoms with E-state index in [0.29, 0.717) is 18.5 Å². The number of carbonyl (C=O) groups is 1. The second kappa shape index (κ2) is 5.60. The van der Waals surface area contributed by atoms with E-state index in [2.05, 4.69) is 18.0 Å². The van der Waals surface area contributed by atoms with Gasteiger partial charge >= 0.3 is 0 Å². The molecule has 1 heterocycles. The lowest BCUT2D eigenvalue weighted by atomic mass is 10.2. The molecule has 0 atom stereocenters. The third kappa shape index (κ3) is 3.34. The van der Waals surface area contributed by atoms with Crippen molar-refractivity contribution in [3.05, 3.63) is 34.5 Å². The number of thiophene rings is 1. The standard InChI is InChI=1S/C11H15NOS/c1-3-9(2)11(13)12-7-6-10-5-4-8-14-10/h4-5,8H,2-3,6-7H2,1H3,(H,12,13). The normalized spacial score (nSPS) is 9.79. The topological polar surface area (TPSA) is 29.1 Å². The van der Waals surface area contributed by atoms with Gasteiger partial charge in [0.1, 0.15) is 0 Å². The molecule has 0 unspecified atom stereocenters. The Morgan fingerprint density at radius 1 is 1.64 bits per heavy atom. The first-order valence-corrected chi connectivity index (χ1v) is 5.60. The minimum absolute atomic E-state index is 0.0240. The smallest absolute Gasteiger partial charge is 0.246 e. The Morgan fingerprint density at radius 2 is 2.43 bits per heavy atom. The Balaban J connectivity index is 2.22. The lowest BCUT2D eigenvalue weighted by molar-refractivity contribution is -0.117. The summed E-state index contributed by atoms with van der Waals surface area (Å²) in [6.45, 7) is 6.30. The molecule has 0 fully saturated rings. The van der Waals surface area contributed by atoms with E-state index in [1.165, 1.54) is 4.88 Å². The van der Waals surface area contributed by atoms with Crippen LogP contribution in [0.4, 0.5) is 0 Å². The van der Waals surface area contributed by atoms with Crippen LogP contribution in [0.2, 0.25) is 0 Å². The predicted molar refractivity (Wildman–Crippen MR) is 60.5 cm³/mol. The summed E-state index contributed by atoms with van der Waals surface area (Å²) < 4.78 is 0. The highest BCUT2D eigenvalue weighted by Gasteiger charge is 2.03. The Labute approximate surface area is 88.6 Å². The first-order valence-electron chi connectivity index (χ1n) is 4.72. The van der Waals surface area contributed by atoms with Crippen molar-refractivity contribution in [3.8, 4) is 0 Å². The third-order valence-corrected chi connectivity index (χ3v) is 2.92. The van der Waals surface area contributed by atoms with E-state index in [-0.39, 0.29) is 5.91 Å². The summed E-state index contributed by atoms with van der Waals surface area (Å²) in [5.74, 6) is -0.0240. The maximum atomic E-state index is 11.3. The van der Waals surface area contributed by atoms with Crippen molar-refractivity contribution < 1.29 is 4.79 Å². The van der Waals surface area contributed by atoms with Crippen molar-refractivity contribution in [2.45, 2.75) is 19.8 Å². The summed E-state index contributed by atoms with van der Waals surface area (Å²) in [7, 11) is 0. The summed E-state index contributed by atoms with van der Waals surface area (Å²) in [6, 6.07) is 4.10. The molecule has 0 saturated heterocycles. The summed E-state index contributed by atoms with van der Waals surface area (Å²) in [4.78, 5) is 12.6. The predicted octanol–water partition coefficient (Wildman–Crippen LogP) is 2.37. The van der Waals surface area contributed by atoms with Crippen LogP contribution in [-0.4, -0.2) is 12.5 Å². The highest BCUT2D eigenvalue weighted by atomic mass is 32.1. The largest absolute Gasteiger partial charge is 0.352 e. The first kappa shape index (κ1) is 11.0. The molecular formula is C11H15NOS. The number of hydrogen-bond acceptors (Lipinski definition) is 2. The lowest BCUT2D eigenvalue weighted by Gasteiger charge is -2.04. The van der Waals surface area contributed by atoms with Crippen molar-refractivity contribution in [1.29, 1.82) is 0 Å². The SMILES string of the molecule is C=C(CC)C(=O)NCCc1cccs1. The van der Waals surface area contributed by atoms with E-state index < -0.39 is 0 Å². The Hall–Kier alpha value is -1.09. The molecule has 1 aromatic rings. The average Bonchev–Trinajstić information content (AvgIpc) is 2.69. The van der Waals surface area contributed by atoms with E-state index in [4.69, 9.17) is 0 Å². The second-order valence-electron chi connectivity index (χ2n) is 3.04. The van der Waals surface area contributed by atoms with Gasteiger partial charge in [-0.1, -0.05) is 19.6 Å². The van der Waals surface area contributed by atoms with E-state index in [9.17, 15) is 4.79 Å². The summed E-state index contributed by atoms with van der Waals surface area (Å²) >= 11 is 1.72. The van der Waals surface area contributed by atoms with Gasteiger partial charge in [-0.05, 0) is 24.3 Å². The van der Waals surface area contributed by atoms with Crippen LogP contribution in [0.5, 0.6) is 0 Å². The second-order valence-corrected chi connectivity index (χ2v) is 4.07. The van der Waals surface area contributed by atoms with Crippen LogP contribution >= 0.6 is 11.3 Å². The van der Waals surface area contributed by atoms with E-state index in [0.717, 1.165) is 6.42 Å². The first-order chi connectivity index (χ1) is 6.74. The van der Waals surface area contributed by atoms with Crippen LogP contribution in [0.3, 0.4) is 0 Å². The fourth-order valence-electron chi connectivity index (χ4n) is 1.04. The number of nitrogens with one attached hydrogen (secondary N) is 1. The highest BCUT2D eigenvalue weighted by Crippen LogP contribution is 2.08. The van der Waals surface area contributed by atoms with Gasteiger partial charge in [0, 0.05) is 17.0 Å². The van der Waals surface area contributed by atoms with Crippen molar-refractivity contribution in [3.63, 3.8) is 0 Å². The minimum Gasteiger partial charge on any atom is -0.352 e. The molecule has 1 N–H and O–H groups in total. The molecule has 1 rings (SSSR count). The Bertz CT molecular complexity index is 303. The molecule has 0 saturated carbocycles. The van der Waals surface area contributed by atoms with Gasteiger partial charge in [-0.25, -0.2) is 0 Å². The Kier molecular flexibility index (Phi) is 4.40. The molecule has 0 aromatic carbocycles. The summed E-state index contributed by atoms with van der Waals surface area (Å²) in [5.41, 5.74) is 0.649. The maximum absolute atomic E-state index is 11.3. The van der Waals surface area contributed by atoms with Gasteiger partial charge < -0.3 is 5.32 Å². The number of hydrogen-bond donors (Lipinski definition) is 1. The lowest BCUT2D eigenvalue weighted by Crippen LogP contribution is -2.26. The zero-order valence-electron chi connectivity index (χ0n) is 8.38. The van der Waals surface area contributed by atoms with Crippen LogP contribution in [-0.2, 0) is 11.2 Å². The molecule has 2 nitrogen and oxygen atoms in total. The van der Waals surface area contributed by atoms with Crippen LogP contribution in [0, 0.1) is 0 Å². The quantitative estimate of drug-likeness (QED) is 0.741. The van der Waals surface area contributed by atoms with Crippen LogP contribution < -0.4 is 5.32 Å². The Morgan fingerprint density at radius 3 is 3.00 bits per heavy atom.